The molecule has 2 heterocycles. The lowest BCUT2D eigenvalue weighted by molar-refractivity contribution is -0.131. The Kier molecular flexibility index (Phi) is 6.96. The second kappa shape index (κ2) is 7.69. The van der Waals surface area contributed by atoms with Crippen molar-refractivity contribution >= 4 is 41.8 Å². The third-order valence-electron chi connectivity index (χ3n) is 2.76. The molecule has 2 saturated heterocycles. The minimum atomic E-state index is 0. The number of halogens is 1. The number of nitrogens with zero attached hydrogens (tertiary/aromatic N) is 1. The summed E-state index contributed by atoms with van der Waals surface area (Å²) in [5, 5.41) is 3.83. The van der Waals surface area contributed by atoms with Gasteiger partial charge in [0.2, 0.25) is 5.91 Å². The van der Waals surface area contributed by atoms with Crippen molar-refractivity contribution in [2.45, 2.75) is 11.7 Å². The van der Waals surface area contributed by atoms with Crippen LogP contribution in [0.25, 0.3) is 0 Å². The van der Waals surface area contributed by atoms with Gasteiger partial charge in [0.1, 0.15) is 0 Å². The zero-order chi connectivity index (χ0) is 10.5. The molecule has 6 heteroatoms. The third-order valence-corrected chi connectivity index (χ3v) is 5.60. The monoisotopic (exact) mass is 282 g/mol. The quantitative estimate of drug-likeness (QED) is 0.822. The van der Waals surface area contributed by atoms with Gasteiger partial charge in [0.25, 0.3) is 0 Å². The number of rotatable bonds is 2. The summed E-state index contributed by atoms with van der Waals surface area (Å²) in [6, 6.07) is 0. The SMILES string of the molecule is Cl.O=C(CC1CSCCS1)N1CCNCC1. The molecule has 2 fully saturated rings. The first kappa shape index (κ1) is 14.5. The molecule has 2 aliphatic heterocycles. The Labute approximate surface area is 112 Å². The summed E-state index contributed by atoms with van der Waals surface area (Å²) in [7, 11) is 0. The molecule has 2 aliphatic rings. The zero-order valence-electron chi connectivity index (χ0n) is 9.31. The van der Waals surface area contributed by atoms with Crippen LogP contribution in [0, 0.1) is 0 Å². The maximum atomic E-state index is 11.9. The van der Waals surface area contributed by atoms with Crippen LogP contribution in [0.5, 0.6) is 0 Å². The number of thioether (sulfide) groups is 2. The van der Waals surface area contributed by atoms with Crippen LogP contribution in [0.1, 0.15) is 6.42 Å². The summed E-state index contributed by atoms with van der Waals surface area (Å²) >= 11 is 3.96. The first-order valence-electron chi connectivity index (χ1n) is 5.54. The summed E-state index contributed by atoms with van der Waals surface area (Å²) in [6.45, 7) is 3.70. The summed E-state index contributed by atoms with van der Waals surface area (Å²) in [5.41, 5.74) is 0. The van der Waals surface area contributed by atoms with Gasteiger partial charge in [0.15, 0.2) is 0 Å². The van der Waals surface area contributed by atoms with E-state index in [-0.39, 0.29) is 12.4 Å². The largest absolute Gasteiger partial charge is 0.340 e. The lowest BCUT2D eigenvalue weighted by Gasteiger charge is -2.29. The molecule has 1 N–H and O–H groups in total. The van der Waals surface area contributed by atoms with Gasteiger partial charge in [-0.3, -0.25) is 4.79 Å². The maximum Gasteiger partial charge on any atom is 0.223 e. The van der Waals surface area contributed by atoms with Gasteiger partial charge < -0.3 is 10.2 Å². The van der Waals surface area contributed by atoms with Crippen LogP contribution >= 0.6 is 35.9 Å². The highest BCUT2D eigenvalue weighted by Crippen LogP contribution is 2.26. The Hall–Kier alpha value is 0.420. The number of piperazine rings is 1. The van der Waals surface area contributed by atoms with Crippen LogP contribution in [0.15, 0.2) is 0 Å². The Morgan fingerprint density at radius 2 is 2.06 bits per heavy atom. The zero-order valence-corrected chi connectivity index (χ0v) is 11.8. The van der Waals surface area contributed by atoms with E-state index < -0.39 is 0 Å². The summed E-state index contributed by atoms with van der Waals surface area (Å²) < 4.78 is 0. The van der Waals surface area contributed by atoms with Gasteiger partial charge in [-0.15, -0.1) is 12.4 Å². The van der Waals surface area contributed by atoms with Gasteiger partial charge in [-0.1, -0.05) is 0 Å². The number of carbonyl (C=O) groups excluding carboxylic acids is 1. The molecule has 1 atom stereocenters. The highest BCUT2D eigenvalue weighted by atomic mass is 35.5. The predicted octanol–water partition coefficient (Wildman–Crippen LogP) is 1.08. The normalized spacial score (nSPS) is 26.0. The molecule has 0 aromatic rings. The molecule has 1 amide bonds. The fourth-order valence-electron chi connectivity index (χ4n) is 1.89. The van der Waals surface area contributed by atoms with E-state index >= 15 is 0 Å². The van der Waals surface area contributed by atoms with Crippen molar-refractivity contribution in [1.29, 1.82) is 0 Å². The molecular formula is C10H19ClN2OS2. The number of hydrogen-bond donors (Lipinski definition) is 1. The van der Waals surface area contributed by atoms with E-state index in [1.807, 2.05) is 28.4 Å². The molecule has 16 heavy (non-hydrogen) atoms. The molecule has 1 unspecified atom stereocenters. The van der Waals surface area contributed by atoms with E-state index in [1.54, 1.807) is 0 Å². The van der Waals surface area contributed by atoms with E-state index in [1.165, 1.54) is 11.5 Å². The molecule has 3 nitrogen and oxygen atoms in total. The minimum absolute atomic E-state index is 0. The van der Waals surface area contributed by atoms with E-state index in [9.17, 15) is 4.79 Å². The van der Waals surface area contributed by atoms with Crippen LogP contribution < -0.4 is 5.32 Å². The highest BCUT2D eigenvalue weighted by molar-refractivity contribution is 8.06. The van der Waals surface area contributed by atoms with Gasteiger partial charge in [-0.05, 0) is 0 Å². The summed E-state index contributed by atoms with van der Waals surface area (Å²) in [6.07, 6.45) is 0.748. The highest BCUT2D eigenvalue weighted by Gasteiger charge is 2.22. The van der Waals surface area contributed by atoms with Crippen LogP contribution in [-0.2, 0) is 4.79 Å². The molecule has 0 aromatic carbocycles. The van der Waals surface area contributed by atoms with Gasteiger partial charge >= 0.3 is 0 Å². The van der Waals surface area contributed by atoms with Crippen molar-refractivity contribution in [1.82, 2.24) is 10.2 Å². The van der Waals surface area contributed by atoms with Gasteiger partial charge in [0.05, 0.1) is 0 Å². The standard InChI is InChI=1S/C10H18N2OS2.ClH/c13-10(12-3-1-11-2-4-12)7-9-8-14-5-6-15-9;/h9,11H,1-8H2;1H. The van der Waals surface area contributed by atoms with Crippen molar-refractivity contribution in [3.63, 3.8) is 0 Å². The van der Waals surface area contributed by atoms with Gasteiger partial charge in [0, 0.05) is 55.1 Å². The molecule has 0 spiro atoms. The van der Waals surface area contributed by atoms with Crippen molar-refractivity contribution in [2.75, 3.05) is 43.4 Å². The number of amides is 1. The average Bonchev–Trinajstić information content (AvgIpc) is 2.31. The fraction of sp³-hybridized carbons (Fsp3) is 0.900. The van der Waals surface area contributed by atoms with Crippen LogP contribution in [0.2, 0.25) is 0 Å². The van der Waals surface area contributed by atoms with E-state index in [0.717, 1.165) is 38.4 Å². The van der Waals surface area contributed by atoms with E-state index in [0.29, 0.717) is 11.2 Å². The van der Waals surface area contributed by atoms with Crippen molar-refractivity contribution < 1.29 is 4.79 Å². The first-order chi connectivity index (χ1) is 7.36. The Balaban J connectivity index is 0.00000128. The maximum absolute atomic E-state index is 11.9. The van der Waals surface area contributed by atoms with Crippen LogP contribution in [0.4, 0.5) is 0 Å². The van der Waals surface area contributed by atoms with E-state index in [2.05, 4.69) is 5.32 Å². The second-order valence-electron chi connectivity index (χ2n) is 3.90. The molecule has 0 saturated carbocycles. The molecule has 0 aliphatic carbocycles. The third kappa shape index (κ3) is 4.35. The summed E-state index contributed by atoms with van der Waals surface area (Å²) in [5.74, 6) is 3.98. The van der Waals surface area contributed by atoms with Crippen LogP contribution in [0.3, 0.4) is 0 Å². The molecular weight excluding hydrogens is 264 g/mol. The van der Waals surface area contributed by atoms with E-state index in [4.69, 9.17) is 0 Å². The topological polar surface area (TPSA) is 32.3 Å². The number of carbonyl (C=O) groups is 1. The average molecular weight is 283 g/mol. The van der Waals surface area contributed by atoms with Crippen molar-refractivity contribution in [3.05, 3.63) is 0 Å². The summed E-state index contributed by atoms with van der Waals surface area (Å²) in [4.78, 5) is 14.0. The van der Waals surface area contributed by atoms with Gasteiger partial charge in [-0.25, -0.2) is 0 Å². The fourth-order valence-corrected chi connectivity index (χ4v) is 4.56. The second-order valence-corrected chi connectivity index (χ2v) is 6.46. The van der Waals surface area contributed by atoms with Gasteiger partial charge in [-0.2, -0.15) is 23.5 Å². The molecule has 0 bridgehead atoms. The van der Waals surface area contributed by atoms with Crippen molar-refractivity contribution in [3.8, 4) is 0 Å². The number of nitrogens with one attached hydrogen (secondary N) is 1. The Bertz CT molecular complexity index is 219. The Morgan fingerprint density at radius 3 is 2.69 bits per heavy atom. The lowest BCUT2D eigenvalue weighted by atomic mass is 10.2. The number of hydrogen-bond acceptors (Lipinski definition) is 4. The minimum Gasteiger partial charge on any atom is -0.340 e. The lowest BCUT2D eigenvalue weighted by Crippen LogP contribution is -2.47. The predicted molar refractivity (Wildman–Crippen MR) is 74.9 cm³/mol. The molecule has 0 aromatic heterocycles. The van der Waals surface area contributed by atoms with Crippen LogP contribution in [-0.4, -0.2) is 59.5 Å². The van der Waals surface area contributed by atoms with Crippen molar-refractivity contribution in [2.24, 2.45) is 0 Å². The smallest absolute Gasteiger partial charge is 0.223 e. The first-order valence-corrected chi connectivity index (χ1v) is 7.74. The molecule has 0 radical (unpaired) electrons. The Morgan fingerprint density at radius 1 is 1.31 bits per heavy atom. The molecule has 94 valence electrons. The molecule has 2 rings (SSSR count).